The van der Waals surface area contributed by atoms with Crippen molar-refractivity contribution >= 4 is 11.5 Å². The van der Waals surface area contributed by atoms with Crippen LogP contribution < -0.4 is 10.9 Å². The predicted molar refractivity (Wildman–Crippen MR) is 58.0 cm³/mol. The van der Waals surface area contributed by atoms with Crippen LogP contribution in [-0.4, -0.2) is 11.9 Å². The van der Waals surface area contributed by atoms with Crippen LogP contribution in [0.2, 0.25) is 0 Å². The predicted octanol–water partition coefficient (Wildman–Crippen LogP) is 1.10. The van der Waals surface area contributed by atoms with E-state index in [2.05, 4.69) is 5.32 Å². The van der Waals surface area contributed by atoms with Crippen LogP contribution in [0.3, 0.4) is 0 Å². The first kappa shape index (κ1) is 9.15. The zero-order chi connectivity index (χ0) is 11.1. The van der Waals surface area contributed by atoms with Gasteiger partial charge in [0.2, 0.25) is 0 Å². The third-order valence-electron chi connectivity index (χ3n) is 2.80. The lowest BCUT2D eigenvalue weighted by Gasteiger charge is -2.27. The zero-order valence-corrected chi connectivity index (χ0v) is 8.40. The number of hydrogen-bond donors (Lipinski definition) is 1. The first-order valence-electron chi connectivity index (χ1n) is 5.08. The third kappa shape index (κ3) is 1.23. The second-order valence-electron chi connectivity index (χ2n) is 3.81. The highest BCUT2D eigenvalue weighted by Gasteiger charge is 2.30. The van der Waals surface area contributed by atoms with Crippen LogP contribution in [0.25, 0.3) is 5.57 Å². The molecule has 1 aliphatic carbocycles. The molecule has 1 N–H and O–H groups in total. The standard InChI is InChI=1S/C12H9NO3/c14-10-6-5-8-11(16-10)7-3-1-2-4-9(7)13-12(8)15/h1-3,5-6,9H,4H2,(H,13,15). The van der Waals surface area contributed by atoms with Crippen molar-refractivity contribution in [2.75, 3.05) is 0 Å². The molecule has 16 heavy (non-hydrogen) atoms. The molecule has 0 aromatic carbocycles. The molecule has 1 aliphatic heterocycles. The highest BCUT2D eigenvalue weighted by molar-refractivity contribution is 6.02. The van der Waals surface area contributed by atoms with Crippen molar-refractivity contribution in [2.45, 2.75) is 12.5 Å². The lowest BCUT2D eigenvalue weighted by molar-refractivity contribution is 0.0936. The van der Waals surface area contributed by atoms with Gasteiger partial charge in [-0.05, 0) is 12.5 Å². The third-order valence-corrected chi connectivity index (χ3v) is 2.80. The van der Waals surface area contributed by atoms with E-state index in [0.29, 0.717) is 11.3 Å². The summed E-state index contributed by atoms with van der Waals surface area (Å²) in [6.45, 7) is 0. The Balaban J connectivity index is 2.27. The van der Waals surface area contributed by atoms with Gasteiger partial charge in [0.25, 0.3) is 5.91 Å². The molecule has 80 valence electrons. The maximum Gasteiger partial charge on any atom is 0.336 e. The van der Waals surface area contributed by atoms with Crippen molar-refractivity contribution < 1.29 is 9.21 Å². The quantitative estimate of drug-likeness (QED) is 0.704. The van der Waals surface area contributed by atoms with Crippen LogP contribution in [0.4, 0.5) is 0 Å². The van der Waals surface area contributed by atoms with Crippen LogP contribution in [-0.2, 0) is 0 Å². The molecular weight excluding hydrogens is 206 g/mol. The fourth-order valence-corrected chi connectivity index (χ4v) is 2.05. The van der Waals surface area contributed by atoms with Crippen molar-refractivity contribution in [3.8, 4) is 0 Å². The van der Waals surface area contributed by atoms with E-state index in [1.807, 2.05) is 18.2 Å². The fraction of sp³-hybridized carbons (Fsp3) is 0.167. The molecule has 0 bridgehead atoms. The number of rotatable bonds is 0. The lowest BCUT2D eigenvalue weighted by atomic mass is 9.90. The second-order valence-corrected chi connectivity index (χ2v) is 3.81. The van der Waals surface area contributed by atoms with Crippen LogP contribution in [0.5, 0.6) is 0 Å². The molecule has 0 radical (unpaired) electrons. The Bertz CT molecular complexity index is 580. The molecule has 0 spiro atoms. The molecule has 1 unspecified atom stereocenters. The van der Waals surface area contributed by atoms with Crippen molar-refractivity contribution in [3.63, 3.8) is 0 Å². The molecule has 0 fully saturated rings. The summed E-state index contributed by atoms with van der Waals surface area (Å²) in [5.74, 6) is 0.224. The van der Waals surface area contributed by atoms with E-state index < -0.39 is 5.63 Å². The molecule has 1 aromatic rings. The van der Waals surface area contributed by atoms with E-state index in [-0.39, 0.29) is 11.9 Å². The normalized spacial score (nSPS) is 21.9. The largest absolute Gasteiger partial charge is 0.422 e. The smallest absolute Gasteiger partial charge is 0.336 e. The van der Waals surface area contributed by atoms with Gasteiger partial charge in [0.15, 0.2) is 0 Å². The Morgan fingerprint density at radius 1 is 1.31 bits per heavy atom. The number of amides is 1. The number of carbonyl (C=O) groups excluding carboxylic acids is 1. The number of carbonyl (C=O) groups is 1. The van der Waals surface area contributed by atoms with Crippen molar-refractivity contribution in [3.05, 3.63) is 52.1 Å². The van der Waals surface area contributed by atoms with Gasteiger partial charge in [0.1, 0.15) is 5.76 Å². The van der Waals surface area contributed by atoms with Crippen LogP contribution in [0.15, 0.2) is 39.6 Å². The maximum absolute atomic E-state index is 11.7. The zero-order valence-electron chi connectivity index (χ0n) is 8.40. The Morgan fingerprint density at radius 2 is 2.19 bits per heavy atom. The molecule has 1 amide bonds. The average Bonchev–Trinajstić information content (AvgIpc) is 2.29. The number of allylic oxidation sites excluding steroid dienone is 2. The number of fused-ring (bicyclic) bond motifs is 3. The Hall–Kier alpha value is -2.10. The van der Waals surface area contributed by atoms with E-state index in [1.165, 1.54) is 12.1 Å². The Kier molecular flexibility index (Phi) is 1.83. The summed E-state index contributed by atoms with van der Waals surface area (Å²) in [5, 5.41) is 2.87. The van der Waals surface area contributed by atoms with Gasteiger partial charge in [-0.25, -0.2) is 4.79 Å². The first-order valence-corrected chi connectivity index (χ1v) is 5.08. The van der Waals surface area contributed by atoms with Gasteiger partial charge in [-0.2, -0.15) is 0 Å². The molecular formula is C12H9NO3. The molecule has 0 saturated carbocycles. The van der Waals surface area contributed by atoms with E-state index in [4.69, 9.17) is 4.42 Å². The molecule has 4 heteroatoms. The average molecular weight is 215 g/mol. The summed E-state index contributed by atoms with van der Waals surface area (Å²) < 4.78 is 5.12. The summed E-state index contributed by atoms with van der Waals surface area (Å²) in [6, 6.07) is 2.69. The minimum Gasteiger partial charge on any atom is -0.422 e. The summed E-state index contributed by atoms with van der Waals surface area (Å²) in [7, 11) is 0. The lowest BCUT2D eigenvalue weighted by Crippen LogP contribution is -2.41. The maximum atomic E-state index is 11.7. The van der Waals surface area contributed by atoms with Crippen molar-refractivity contribution in [2.24, 2.45) is 0 Å². The van der Waals surface area contributed by atoms with Gasteiger partial charge in [-0.1, -0.05) is 18.2 Å². The van der Waals surface area contributed by atoms with E-state index >= 15 is 0 Å². The van der Waals surface area contributed by atoms with Crippen LogP contribution in [0, 0.1) is 0 Å². The minimum absolute atomic E-state index is 0.0736. The van der Waals surface area contributed by atoms with Gasteiger partial charge >= 0.3 is 5.63 Å². The summed E-state index contributed by atoms with van der Waals surface area (Å²) >= 11 is 0. The van der Waals surface area contributed by atoms with Gasteiger partial charge in [-0.15, -0.1) is 0 Å². The Labute approximate surface area is 91.3 Å². The number of nitrogens with one attached hydrogen (secondary N) is 1. The van der Waals surface area contributed by atoms with Crippen LogP contribution in [0.1, 0.15) is 22.5 Å². The number of hydrogen-bond acceptors (Lipinski definition) is 3. The van der Waals surface area contributed by atoms with Gasteiger partial charge in [-0.3, -0.25) is 4.79 Å². The van der Waals surface area contributed by atoms with Crippen LogP contribution >= 0.6 is 0 Å². The fourth-order valence-electron chi connectivity index (χ4n) is 2.05. The van der Waals surface area contributed by atoms with Crippen molar-refractivity contribution in [1.29, 1.82) is 0 Å². The first-order chi connectivity index (χ1) is 7.75. The SMILES string of the molecule is O=C1NC2CC=CC=C2c2oc(=O)ccc21. The summed E-state index contributed by atoms with van der Waals surface area (Å²) in [6.07, 6.45) is 6.48. The van der Waals surface area contributed by atoms with Crippen molar-refractivity contribution in [1.82, 2.24) is 5.32 Å². The van der Waals surface area contributed by atoms with E-state index in [1.54, 1.807) is 0 Å². The van der Waals surface area contributed by atoms with Gasteiger partial charge < -0.3 is 9.73 Å². The highest BCUT2D eigenvalue weighted by Crippen LogP contribution is 2.29. The summed E-state index contributed by atoms with van der Waals surface area (Å²) in [4.78, 5) is 22.9. The van der Waals surface area contributed by atoms with Gasteiger partial charge in [0, 0.05) is 11.6 Å². The molecule has 2 aliphatic rings. The molecule has 2 heterocycles. The molecule has 3 rings (SSSR count). The summed E-state index contributed by atoms with van der Waals surface area (Å²) in [5.41, 5.74) is 0.870. The Morgan fingerprint density at radius 3 is 3.06 bits per heavy atom. The molecule has 4 nitrogen and oxygen atoms in total. The topological polar surface area (TPSA) is 59.3 Å². The van der Waals surface area contributed by atoms with E-state index in [9.17, 15) is 9.59 Å². The van der Waals surface area contributed by atoms with Gasteiger partial charge in [0.05, 0.1) is 11.6 Å². The second kappa shape index (κ2) is 3.20. The molecule has 1 aromatic heterocycles. The minimum atomic E-state index is -0.428. The monoisotopic (exact) mass is 215 g/mol. The highest BCUT2D eigenvalue weighted by atomic mass is 16.4. The van der Waals surface area contributed by atoms with E-state index in [0.717, 1.165) is 12.0 Å². The molecule has 1 atom stereocenters. The molecule has 0 saturated heterocycles.